The number of benzene rings is 1. The molecule has 11 heteroatoms. The molecular weight excluding hydrogens is 306 g/mol. The lowest BCUT2D eigenvalue weighted by molar-refractivity contribution is -0.387. The molecule has 0 bridgehead atoms. The van der Waals surface area contributed by atoms with E-state index in [-0.39, 0.29) is 10.8 Å². The zero-order valence-electron chi connectivity index (χ0n) is 10.1. The highest BCUT2D eigenvalue weighted by Crippen LogP contribution is 2.40. The van der Waals surface area contributed by atoms with Gasteiger partial charge in [0.05, 0.1) is 14.9 Å². The Hall–Kier alpha value is -3.01. The third-order valence-corrected chi connectivity index (χ3v) is 2.64. The number of nitrogens with zero attached hydrogens (tertiary/aromatic N) is 4. The van der Waals surface area contributed by atoms with Crippen molar-refractivity contribution in [1.82, 2.24) is 9.97 Å². The van der Waals surface area contributed by atoms with Crippen LogP contribution in [0.4, 0.5) is 17.2 Å². The van der Waals surface area contributed by atoms with E-state index in [1.54, 1.807) is 0 Å². The first-order valence-electron chi connectivity index (χ1n) is 5.27. The summed E-state index contributed by atoms with van der Waals surface area (Å²) in [6, 6.07) is 3.81. The fourth-order valence-electron chi connectivity index (χ4n) is 1.46. The van der Waals surface area contributed by atoms with Gasteiger partial charge in [0.1, 0.15) is 6.33 Å². The van der Waals surface area contributed by atoms with Crippen LogP contribution in [-0.2, 0) is 0 Å². The van der Waals surface area contributed by atoms with Gasteiger partial charge in [-0.2, -0.15) is 4.98 Å². The lowest BCUT2D eigenvalue weighted by Gasteiger charge is -2.07. The molecule has 2 rings (SSSR count). The van der Waals surface area contributed by atoms with E-state index in [1.807, 2.05) is 0 Å². The van der Waals surface area contributed by atoms with Gasteiger partial charge in [-0.05, 0) is 6.07 Å². The number of aromatic nitrogens is 2. The zero-order valence-corrected chi connectivity index (χ0v) is 10.9. The number of para-hydroxylation sites is 1. The molecule has 0 unspecified atom stereocenters. The van der Waals surface area contributed by atoms with E-state index in [2.05, 4.69) is 9.97 Å². The third-order valence-electron chi connectivity index (χ3n) is 2.34. The van der Waals surface area contributed by atoms with Crippen molar-refractivity contribution in [1.29, 1.82) is 0 Å². The first kappa shape index (κ1) is 14.4. The second-order valence-corrected chi connectivity index (χ2v) is 4.02. The average Bonchev–Trinajstić information content (AvgIpc) is 2.40. The van der Waals surface area contributed by atoms with Crippen molar-refractivity contribution in [3.63, 3.8) is 0 Å². The largest absolute Gasteiger partial charge is 0.425 e. The van der Waals surface area contributed by atoms with Crippen molar-refractivity contribution < 1.29 is 14.6 Å². The summed E-state index contributed by atoms with van der Waals surface area (Å²) in [4.78, 5) is 27.3. The summed E-state index contributed by atoms with van der Waals surface area (Å²) < 4.78 is 5.13. The summed E-state index contributed by atoms with van der Waals surface area (Å²) >= 11 is 5.82. The smallest absolute Gasteiger partial charge is 0.372 e. The van der Waals surface area contributed by atoms with Crippen molar-refractivity contribution in [3.05, 3.63) is 49.8 Å². The highest BCUT2D eigenvalue weighted by Gasteiger charge is 2.27. The van der Waals surface area contributed by atoms with Crippen LogP contribution in [0.5, 0.6) is 11.6 Å². The molecule has 10 nitrogen and oxygen atoms in total. The molecule has 2 N–H and O–H groups in total. The quantitative estimate of drug-likeness (QED) is 0.668. The van der Waals surface area contributed by atoms with Crippen molar-refractivity contribution >= 4 is 28.8 Å². The van der Waals surface area contributed by atoms with Gasteiger partial charge < -0.3 is 10.5 Å². The van der Waals surface area contributed by atoms with Gasteiger partial charge in [0.25, 0.3) is 0 Å². The summed E-state index contributed by atoms with van der Waals surface area (Å²) in [5.41, 5.74) is 4.21. The number of nitrogen functional groups attached to an aromatic ring is 1. The number of nitro benzene ring substituents is 1. The number of hydrogen-bond acceptors (Lipinski definition) is 8. The molecule has 0 radical (unpaired) electrons. The molecule has 0 atom stereocenters. The van der Waals surface area contributed by atoms with Crippen LogP contribution in [0.25, 0.3) is 0 Å². The molecule has 0 aliphatic heterocycles. The Labute approximate surface area is 121 Å². The van der Waals surface area contributed by atoms with Crippen molar-refractivity contribution in [2.45, 2.75) is 0 Å². The molecule has 1 heterocycles. The van der Waals surface area contributed by atoms with Crippen LogP contribution in [0.15, 0.2) is 24.5 Å². The van der Waals surface area contributed by atoms with Gasteiger partial charge in [-0.25, -0.2) is 4.98 Å². The lowest BCUT2D eigenvalue weighted by Crippen LogP contribution is -2.03. The molecule has 1 aromatic carbocycles. The van der Waals surface area contributed by atoms with Gasteiger partial charge in [0, 0.05) is 6.07 Å². The van der Waals surface area contributed by atoms with E-state index in [0.717, 1.165) is 12.4 Å². The van der Waals surface area contributed by atoms with Gasteiger partial charge >= 0.3 is 17.3 Å². The highest BCUT2D eigenvalue weighted by molar-refractivity contribution is 6.32. The van der Waals surface area contributed by atoms with Crippen LogP contribution >= 0.6 is 11.6 Å². The maximum Gasteiger partial charge on any atom is 0.372 e. The van der Waals surface area contributed by atoms with Crippen molar-refractivity contribution in [2.75, 3.05) is 5.73 Å². The van der Waals surface area contributed by atoms with Gasteiger partial charge in [-0.15, -0.1) is 0 Å². The van der Waals surface area contributed by atoms with Gasteiger partial charge in [-0.3, -0.25) is 20.2 Å². The van der Waals surface area contributed by atoms with Crippen LogP contribution in [0.2, 0.25) is 5.02 Å². The monoisotopic (exact) mass is 311 g/mol. The first-order valence-corrected chi connectivity index (χ1v) is 5.65. The molecular formula is C10H6ClN5O5. The number of halogens is 1. The molecule has 0 aliphatic carbocycles. The predicted octanol–water partition coefficient (Wildman–Crippen LogP) is 2.32. The molecule has 1 aromatic heterocycles. The van der Waals surface area contributed by atoms with Crippen LogP contribution in [0.3, 0.4) is 0 Å². The molecule has 2 aromatic rings. The average molecular weight is 312 g/mol. The fraction of sp³-hybridized carbons (Fsp3) is 0. The number of rotatable bonds is 4. The molecule has 0 saturated heterocycles. The Kier molecular flexibility index (Phi) is 3.80. The minimum atomic E-state index is -0.854. The Morgan fingerprint density at radius 2 is 1.90 bits per heavy atom. The van der Waals surface area contributed by atoms with Crippen LogP contribution in [-0.4, -0.2) is 19.8 Å². The second kappa shape index (κ2) is 5.54. The summed E-state index contributed by atoms with van der Waals surface area (Å²) in [7, 11) is 0. The van der Waals surface area contributed by atoms with E-state index in [1.165, 1.54) is 12.1 Å². The van der Waals surface area contributed by atoms with E-state index < -0.39 is 32.9 Å². The number of anilines is 1. The van der Waals surface area contributed by atoms with Gasteiger partial charge in [0.15, 0.2) is 0 Å². The van der Waals surface area contributed by atoms with Crippen LogP contribution in [0, 0.1) is 20.2 Å². The molecule has 0 spiro atoms. The van der Waals surface area contributed by atoms with Crippen LogP contribution < -0.4 is 10.5 Å². The Morgan fingerprint density at radius 3 is 2.52 bits per heavy atom. The van der Waals surface area contributed by atoms with Gasteiger partial charge in [0.2, 0.25) is 11.6 Å². The molecule has 0 amide bonds. The number of nitrogens with two attached hydrogens (primary N) is 1. The second-order valence-electron chi connectivity index (χ2n) is 3.62. The zero-order chi connectivity index (χ0) is 15.6. The number of ether oxygens (including phenoxy) is 1. The predicted molar refractivity (Wildman–Crippen MR) is 71.3 cm³/mol. The standard InChI is InChI=1S/C10H6ClN5O5/c11-5-2-1-3-6(15(17)18)8(5)21-10-7(16(19)20)9(12)13-4-14-10/h1-4H,(H2,12,13,14). The topological polar surface area (TPSA) is 147 Å². The summed E-state index contributed by atoms with van der Waals surface area (Å²) in [5, 5.41) is 21.8. The van der Waals surface area contributed by atoms with E-state index in [0.29, 0.717) is 0 Å². The summed E-state index contributed by atoms with van der Waals surface area (Å²) in [6.07, 6.45) is 0.931. The maximum absolute atomic E-state index is 10.9. The minimum Gasteiger partial charge on any atom is -0.425 e. The molecule has 21 heavy (non-hydrogen) atoms. The molecule has 108 valence electrons. The summed E-state index contributed by atoms with van der Waals surface area (Å²) in [6.45, 7) is 0. The Bertz CT molecular complexity index is 738. The molecule has 0 saturated carbocycles. The van der Waals surface area contributed by atoms with Crippen molar-refractivity contribution in [3.8, 4) is 11.6 Å². The Balaban J connectivity index is 2.56. The lowest BCUT2D eigenvalue weighted by atomic mass is 10.3. The fourth-order valence-corrected chi connectivity index (χ4v) is 1.67. The number of nitro groups is 2. The molecule has 0 aliphatic rings. The molecule has 0 fully saturated rings. The number of hydrogen-bond donors (Lipinski definition) is 1. The maximum atomic E-state index is 10.9. The van der Waals surface area contributed by atoms with Crippen molar-refractivity contribution in [2.24, 2.45) is 0 Å². The Morgan fingerprint density at radius 1 is 1.19 bits per heavy atom. The first-order chi connectivity index (χ1) is 9.91. The van der Waals surface area contributed by atoms with Gasteiger partial charge in [-0.1, -0.05) is 17.7 Å². The highest BCUT2D eigenvalue weighted by atomic mass is 35.5. The summed E-state index contributed by atoms with van der Waals surface area (Å²) in [5.74, 6) is -1.34. The van der Waals surface area contributed by atoms with E-state index in [9.17, 15) is 20.2 Å². The normalized spacial score (nSPS) is 10.1. The third kappa shape index (κ3) is 2.79. The SMILES string of the molecule is Nc1ncnc(Oc2c(Cl)cccc2[N+](=O)[O-])c1[N+](=O)[O-]. The van der Waals surface area contributed by atoms with E-state index >= 15 is 0 Å². The minimum absolute atomic E-state index is 0.101. The van der Waals surface area contributed by atoms with E-state index in [4.69, 9.17) is 22.1 Å². The van der Waals surface area contributed by atoms with Crippen LogP contribution in [0.1, 0.15) is 0 Å².